The van der Waals surface area contributed by atoms with Crippen molar-refractivity contribution in [3.05, 3.63) is 63.7 Å². The number of hydrogen-bond acceptors (Lipinski definition) is 1. The van der Waals surface area contributed by atoms with Gasteiger partial charge in [0.25, 0.3) is 0 Å². The van der Waals surface area contributed by atoms with Gasteiger partial charge in [0, 0.05) is 10.7 Å². The first-order valence-electron chi connectivity index (χ1n) is 7.11. The van der Waals surface area contributed by atoms with Crippen molar-refractivity contribution in [1.29, 1.82) is 0 Å². The molecule has 0 saturated heterocycles. The van der Waals surface area contributed by atoms with Crippen LogP contribution in [0.5, 0.6) is 0 Å². The van der Waals surface area contributed by atoms with Crippen LogP contribution in [0.25, 0.3) is 0 Å². The first-order chi connectivity index (χ1) is 9.51. The van der Waals surface area contributed by atoms with E-state index in [4.69, 9.17) is 11.6 Å². The van der Waals surface area contributed by atoms with Crippen LogP contribution in [0.4, 0.5) is 5.69 Å². The zero-order valence-corrected chi connectivity index (χ0v) is 13.4. The molecule has 0 aromatic heterocycles. The van der Waals surface area contributed by atoms with Crippen LogP contribution in [-0.2, 0) is 0 Å². The summed E-state index contributed by atoms with van der Waals surface area (Å²) in [5, 5.41) is 4.47. The van der Waals surface area contributed by atoms with Crippen LogP contribution in [-0.4, -0.2) is 0 Å². The standard InChI is InChI=1S/C18H22ClN/c1-5-17(15-6-8-16(19)9-7-15)20-18-13(3)10-12(2)11-14(18)4/h6-11,17,20H,5H2,1-4H3. The Kier molecular flexibility index (Phi) is 4.72. The third kappa shape index (κ3) is 3.34. The van der Waals surface area contributed by atoms with Crippen LogP contribution in [0.3, 0.4) is 0 Å². The Balaban J connectivity index is 2.29. The van der Waals surface area contributed by atoms with E-state index in [1.165, 1.54) is 27.9 Å². The second kappa shape index (κ2) is 6.32. The maximum Gasteiger partial charge on any atom is 0.0511 e. The minimum atomic E-state index is 0.312. The molecule has 2 rings (SSSR count). The molecule has 2 aromatic carbocycles. The van der Waals surface area contributed by atoms with Gasteiger partial charge >= 0.3 is 0 Å². The van der Waals surface area contributed by atoms with Gasteiger partial charge in [-0.25, -0.2) is 0 Å². The van der Waals surface area contributed by atoms with Crippen molar-refractivity contribution < 1.29 is 0 Å². The van der Waals surface area contributed by atoms with E-state index in [2.05, 4.69) is 57.3 Å². The Morgan fingerprint density at radius 3 is 2.05 bits per heavy atom. The normalized spacial score (nSPS) is 12.2. The van der Waals surface area contributed by atoms with E-state index in [0.717, 1.165) is 11.4 Å². The highest BCUT2D eigenvalue weighted by Crippen LogP contribution is 2.29. The summed E-state index contributed by atoms with van der Waals surface area (Å²) in [5.41, 5.74) is 6.43. The number of nitrogens with one attached hydrogen (secondary N) is 1. The highest BCUT2D eigenvalue weighted by Gasteiger charge is 2.12. The summed E-state index contributed by atoms with van der Waals surface area (Å²) in [4.78, 5) is 0. The number of halogens is 1. The van der Waals surface area contributed by atoms with Crippen LogP contribution in [0.2, 0.25) is 5.02 Å². The third-order valence-electron chi connectivity index (χ3n) is 3.68. The predicted molar refractivity (Wildman–Crippen MR) is 88.8 cm³/mol. The molecule has 0 heterocycles. The maximum atomic E-state index is 5.97. The van der Waals surface area contributed by atoms with Crippen LogP contribution in [0, 0.1) is 20.8 Å². The fourth-order valence-corrected chi connectivity index (χ4v) is 2.82. The van der Waals surface area contributed by atoms with E-state index < -0.39 is 0 Å². The molecule has 2 heteroatoms. The van der Waals surface area contributed by atoms with E-state index in [1.807, 2.05) is 12.1 Å². The zero-order valence-electron chi connectivity index (χ0n) is 12.6. The average molecular weight is 288 g/mol. The first kappa shape index (κ1) is 14.9. The molecule has 0 radical (unpaired) electrons. The Bertz CT molecular complexity index is 564. The second-order valence-corrected chi connectivity index (χ2v) is 5.87. The van der Waals surface area contributed by atoms with Gasteiger partial charge in [-0.15, -0.1) is 0 Å². The van der Waals surface area contributed by atoms with Gasteiger partial charge in [-0.2, -0.15) is 0 Å². The molecule has 20 heavy (non-hydrogen) atoms. The molecule has 106 valence electrons. The summed E-state index contributed by atoms with van der Waals surface area (Å²) in [6, 6.07) is 12.9. The molecule has 1 unspecified atom stereocenters. The Labute approximate surface area is 127 Å². The molecule has 0 spiro atoms. The van der Waals surface area contributed by atoms with Gasteiger partial charge in [0.2, 0.25) is 0 Å². The highest BCUT2D eigenvalue weighted by molar-refractivity contribution is 6.30. The molecule has 1 atom stereocenters. The van der Waals surface area contributed by atoms with Crippen molar-refractivity contribution in [2.75, 3.05) is 5.32 Å². The SMILES string of the molecule is CCC(Nc1c(C)cc(C)cc1C)c1ccc(Cl)cc1. The predicted octanol–water partition coefficient (Wildman–Crippen LogP) is 5.83. The maximum absolute atomic E-state index is 5.97. The summed E-state index contributed by atoms with van der Waals surface area (Å²) in [6.45, 7) is 8.67. The number of rotatable bonds is 4. The van der Waals surface area contributed by atoms with Crippen molar-refractivity contribution in [2.24, 2.45) is 0 Å². The largest absolute Gasteiger partial charge is 0.378 e. The summed E-state index contributed by atoms with van der Waals surface area (Å²) in [5.74, 6) is 0. The molecular formula is C18H22ClN. The lowest BCUT2D eigenvalue weighted by Crippen LogP contribution is -2.11. The van der Waals surface area contributed by atoms with Gasteiger partial charge in [-0.05, 0) is 56.0 Å². The number of benzene rings is 2. The zero-order chi connectivity index (χ0) is 14.7. The van der Waals surface area contributed by atoms with Crippen LogP contribution >= 0.6 is 11.6 Å². The topological polar surface area (TPSA) is 12.0 Å². The molecule has 0 aliphatic heterocycles. The molecule has 1 nitrogen and oxygen atoms in total. The number of aryl methyl sites for hydroxylation is 3. The number of anilines is 1. The quantitative estimate of drug-likeness (QED) is 0.746. The van der Waals surface area contributed by atoms with Gasteiger partial charge in [0.15, 0.2) is 0 Å². The van der Waals surface area contributed by atoms with Gasteiger partial charge in [-0.3, -0.25) is 0 Å². The lowest BCUT2D eigenvalue weighted by molar-refractivity contribution is 0.747. The Morgan fingerprint density at radius 2 is 1.55 bits per heavy atom. The monoisotopic (exact) mass is 287 g/mol. The molecule has 0 saturated carbocycles. The fourth-order valence-electron chi connectivity index (χ4n) is 2.70. The summed E-state index contributed by atoms with van der Waals surface area (Å²) < 4.78 is 0. The molecule has 0 fully saturated rings. The van der Waals surface area contributed by atoms with Gasteiger partial charge in [0.05, 0.1) is 6.04 Å². The van der Waals surface area contributed by atoms with Crippen molar-refractivity contribution in [3.8, 4) is 0 Å². The molecule has 0 aliphatic rings. The Morgan fingerprint density at radius 1 is 1.00 bits per heavy atom. The van der Waals surface area contributed by atoms with E-state index in [9.17, 15) is 0 Å². The molecule has 0 bridgehead atoms. The summed E-state index contributed by atoms with van der Waals surface area (Å²) >= 11 is 5.97. The van der Waals surface area contributed by atoms with E-state index >= 15 is 0 Å². The minimum Gasteiger partial charge on any atom is -0.378 e. The fraction of sp³-hybridized carbons (Fsp3) is 0.333. The molecule has 2 aromatic rings. The van der Waals surface area contributed by atoms with Crippen molar-refractivity contribution in [1.82, 2.24) is 0 Å². The van der Waals surface area contributed by atoms with Crippen molar-refractivity contribution in [2.45, 2.75) is 40.2 Å². The molecule has 0 aliphatic carbocycles. The van der Waals surface area contributed by atoms with Gasteiger partial charge in [-0.1, -0.05) is 48.4 Å². The molecule has 0 amide bonds. The van der Waals surface area contributed by atoms with Crippen molar-refractivity contribution >= 4 is 17.3 Å². The molecule has 1 N–H and O–H groups in total. The smallest absolute Gasteiger partial charge is 0.0511 e. The van der Waals surface area contributed by atoms with Crippen LogP contribution in [0.15, 0.2) is 36.4 Å². The summed E-state index contributed by atoms with van der Waals surface area (Å²) in [7, 11) is 0. The highest BCUT2D eigenvalue weighted by atomic mass is 35.5. The van der Waals surface area contributed by atoms with Crippen LogP contribution in [0.1, 0.15) is 41.6 Å². The lowest BCUT2D eigenvalue weighted by Gasteiger charge is -2.22. The van der Waals surface area contributed by atoms with E-state index in [0.29, 0.717) is 6.04 Å². The second-order valence-electron chi connectivity index (χ2n) is 5.43. The van der Waals surface area contributed by atoms with Gasteiger partial charge < -0.3 is 5.32 Å². The first-order valence-corrected chi connectivity index (χ1v) is 7.49. The summed E-state index contributed by atoms with van der Waals surface area (Å²) in [6.07, 6.45) is 1.04. The Hall–Kier alpha value is -1.47. The molecular weight excluding hydrogens is 266 g/mol. The van der Waals surface area contributed by atoms with E-state index in [1.54, 1.807) is 0 Å². The average Bonchev–Trinajstić information content (AvgIpc) is 2.39. The van der Waals surface area contributed by atoms with E-state index in [-0.39, 0.29) is 0 Å². The lowest BCUT2D eigenvalue weighted by atomic mass is 10.0. The van der Waals surface area contributed by atoms with Crippen molar-refractivity contribution in [3.63, 3.8) is 0 Å². The number of hydrogen-bond donors (Lipinski definition) is 1. The van der Waals surface area contributed by atoms with Crippen LogP contribution < -0.4 is 5.32 Å². The van der Waals surface area contributed by atoms with Gasteiger partial charge in [0.1, 0.15) is 0 Å². The minimum absolute atomic E-state index is 0.312. The third-order valence-corrected chi connectivity index (χ3v) is 3.93.